The van der Waals surface area contributed by atoms with Gasteiger partial charge in [-0.15, -0.1) is 0 Å². The Morgan fingerprint density at radius 2 is 2.00 bits per heavy atom. The van der Waals surface area contributed by atoms with Gasteiger partial charge in [-0.3, -0.25) is 4.99 Å². The lowest BCUT2D eigenvalue weighted by Gasteiger charge is -2.39. The lowest BCUT2D eigenvalue weighted by atomic mass is 10.2. The number of rotatable bonds is 5. The van der Waals surface area contributed by atoms with E-state index in [0.29, 0.717) is 19.6 Å². The molecular formula is C19H32N4O2S. The molecule has 0 aromatic heterocycles. The highest BCUT2D eigenvalue weighted by Gasteiger charge is 2.40. The average Bonchev–Trinajstić information content (AvgIpc) is 2.61. The van der Waals surface area contributed by atoms with E-state index in [4.69, 9.17) is 4.99 Å². The topological polar surface area (TPSA) is 65.0 Å². The first-order chi connectivity index (χ1) is 12.2. The van der Waals surface area contributed by atoms with Crippen molar-refractivity contribution in [3.8, 4) is 0 Å². The van der Waals surface area contributed by atoms with E-state index in [2.05, 4.69) is 41.2 Å². The van der Waals surface area contributed by atoms with Crippen LogP contribution in [0.2, 0.25) is 0 Å². The van der Waals surface area contributed by atoms with Gasteiger partial charge in [0.1, 0.15) is 0 Å². The van der Waals surface area contributed by atoms with E-state index < -0.39 is 14.6 Å². The van der Waals surface area contributed by atoms with Crippen molar-refractivity contribution in [2.75, 3.05) is 43.9 Å². The van der Waals surface area contributed by atoms with Crippen LogP contribution < -0.4 is 10.2 Å². The summed E-state index contributed by atoms with van der Waals surface area (Å²) >= 11 is 0. The summed E-state index contributed by atoms with van der Waals surface area (Å²) in [4.78, 5) is 9.07. The molecule has 0 saturated carbocycles. The number of guanidine groups is 1. The summed E-state index contributed by atoms with van der Waals surface area (Å²) in [6.07, 6.45) is 0. The fraction of sp³-hybridized carbons (Fsp3) is 0.632. The Hall–Kier alpha value is -1.76. The van der Waals surface area contributed by atoms with E-state index in [1.54, 1.807) is 13.8 Å². The predicted octanol–water partition coefficient (Wildman–Crippen LogP) is 1.99. The van der Waals surface area contributed by atoms with Gasteiger partial charge >= 0.3 is 0 Å². The molecule has 0 radical (unpaired) electrons. The lowest BCUT2D eigenvalue weighted by Crippen LogP contribution is -2.57. The molecule has 6 nitrogen and oxygen atoms in total. The molecular weight excluding hydrogens is 348 g/mol. The van der Waals surface area contributed by atoms with E-state index in [1.807, 2.05) is 25.1 Å². The van der Waals surface area contributed by atoms with Gasteiger partial charge in [0.15, 0.2) is 15.8 Å². The van der Waals surface area contributed by atoms with Crippen molar-refractivity contribution < 1.29 is 8.42 Å². The van der Waals surface area contributed by atoms with Gasteiger partial charge in [0.2, 0.25) is 0 Å². The molecule has 7 heteroatoms. The summed E-state index contributed by atoms with van der Waals surface area (Å²) in [5, 5.41) is 3.31. The number of nitrogens with zero attached hydrogens (tertiary/aromatic N) is 3. The van der Waals surface area contributed by atoms with Gasteiger partial charge in [-0.25, -0.2) is 8.42 Å². The standard InChI is InChI=1S/C19H32N4O2S/c1-6-20-18(23-12-13-26(24,25)19(3,4)15-23)21-14-16(2)22(5)17-10-8-7-9-11-17/h7-11,16H,6,12-15H2,1-5H3,(H,20,21). The third kappa shape index (κ3) is 4.69. The molecule has 1 atom stereocenters. The van der Waals surface area contributed by atoms with Crippen LogP contribution in [0.5, 0.6) is 0 Å². The molecule has 0 bridgehead atoms. The van der Waals surface area contributed by atoms with Crippen LogP contribution in [-0.4, -0.2) is 69.0 Å². The highest BCUT2D eigenvalue weighted by atomic mass is 32.2. The Labute approximate surface area is 158 Å². The van der Waals surface area contributed by atoms with Crippen LogP contribution >= 0.6 is 0 Å². The van der Waals surface area contributed by atoms with Crippen molar-refractivity contribution in [2.24, 2.45) is 4.99 Å². The number of hydrogen-bond acceptors (Lipinski definition) is 4. The molecule has 26 heavy (non-hydrogen) atoms. The Kier molecular flexibility index (Phi) is 6.55. The summed E-state index contributed by atoms with van der Waals surface area (Å²) in [6, 6.07) is 10.5. The molecule has 1 aromatic carbocycles. The number of anilines is 1. The number of aliphatic imine (C=N–C) groups is 1. The molecule has 0 spiro atoms. The summed E-state index contributed by atoms with van der Waals surface area (Å²) in [7, 11) is -0.987. The zero-order valence-electron chi connectivity index (χ0n) is 16.6. The Morgan fingerprint density at radius 3 is 2.58 bits per heavy atom. The quantitative estimate of drug-likeness (QED) is 0.625. The molecule has 146 valence electrons. The zero-order chi connectivity index (χ0) is 19.4. The molecule has 1 heterocycles. The Bertz CT molecular complexity index is 716. The first-order valence-corrected chi connectivity index (χ1v) is 10.9. The van der Waals surface area contributed by atoms with Crippen molar-refractivity contribution in [1.29, 1.82) is 0 Å². The van der Waals surface area contributed by atoms with E-state index in [-0.39, 0.29) is 11.8 Å². The van der Waals surface area contributed by atoms with Gasteiger partial charge in [-0.1, -0.05) is 18.2 Å². The lowest BCUT2D eigenvalue weighted by molar-refractivity contribution is 0.353. The zero-order valence-corrected chi connectivity index (χ0v) is 17.4. The number of likely N-dealkylation sites (N-methyl/N-ethyl adjacent to an activating group) is 1. The number of nitrogens with one attached hydrogen (secondary N) is 1. The molecule has 1 unspecified atom stereocenters. The first kappa shape index (κ1) is 20.6. The smallest absolute Gasteiger partial charge is 0.194 e. The monoisotopic (exact) mass is 380 g/mol. The number of benzene rings is 1. The number of para-hydroxylation sites is 1. The van der Waals surface area contributed by atoms with Crippen molar-refractivity contribution in [3.63, 3.8) is 0 Å². The van der Waals surface area contributed by atoms with Crippen molar-refractivity contribution in [2.45, 2.75) is 38.5 Å². The predicted molar refractivity (Wildman–Crippen MR) is 110 cm³/mol. The average molecular weight is 381 g/mol. The minimum absolute atomic E-state index is 0.171. The third-order valence-corrected chi connectivity index (χ3v) is 7.54. The molecule has 0 amide bonds. The molecule has 1 aliphatic rings. The molecule has 1 fully saturated rings. The van der Waals surface area contributed by atoms with E-state index in [0.717, 1.165) is 18.2 Å². The second-order valence-electron chi connectivity index (χ2n) is 7.49. The van der Waals surface area contributed by atoms with E-state index >= 15 is 0 Å². The fourth-order valence-corrected chi connectivity index (χ4v) is 4.37. The highest BCUT2D eigenvalue weighted by molar-refractivity contribution is 7.92. The van der Waals surface area contributed by atoms with Gasteiger partial charge in [-0.2, -0.15) is 0 Å². The SMILES string of the molecule is CCNC(=NCC(C)N(C)c1ccccc1)N1CCS(=O)(=O)C(C)(C)C1. The van der Waals surface area contributed by atoms with Crippen molar-refractivity contribution >= 4 is 21.5 Å². The second kappa shape index (κ2) is 8.29. The summed E-state index contributed by atoms with van der Waals surface area (Å²) in [5.41, 5.74) is 1.16. The van der Waals surface area contributed by atoms with Crippen LogP contribution in [-0.2, 0) is 9.84 Å². The van der Waals surface area contributed by atoms with Crippen LogP contribution in [0.15, 0.2) is 35.3 Å². The largest absolute Gasteiger partial charge is 0.370 e. The van der Waals surface area contributed by atoms with Crippen LogP contribution in [0.25, 0.3) is 0 Å². The maximum Gasteiger partial charge on any atom is 0.194 e. The minimum atomic E-state index is -3.06. The Balaban J connectivity index is 2.09. The van der Waals surface area contributed by atoms with Gasteiger partial charge in [-0.05, 0) is 39.8 Å². The van der Waals surface area contributed by atoms with Crippen molar-refractivity contribution in [1.82, 2.24) is 10.2 Å². The molecule has 2 rings (SSSR count). The fourth-order valence-electron chi connectivity index (χ4n) is 3.01. The van der Waals surface area contributed by atoms with Gasteiger partial charge in [0.25, 0.3) is 0 Å². The minimum Gasteiger partial charge on any atom is -0.370 e. The summed E-state index contributed by atoms with van der Waals surface area (Å²) in [5.74, 6) is 0.966. The molecule has 1 saturated heterocycles. The first-order valence-electron chi connectivity index (χ1n) is 9.21. The molecule has 1 aliphatic heterocycles. The van der Waals surface area contributed by atoms with Gasteiger partial charge < -0.3 is 15.1 Å². The van der Waals surface area contributed by atoms with Crippen LogP contribution in [0.4, 0.5) is 5.69 Å². The third-order valence-electron chi connectivity index (χ3n) is 5.01. The summed E-state index contributed by atoms with van der Waals surface area (Å²) in [6.45, 7) is 10.1. The Morgan fingerprint density at radius 1 is 1.35 bits per heavy atom. The molecule has 1 N–H and O–H groups in total. The normalized spacial score (nSPS) is 20.5. The van der Waals surface area contributed by atoms with Crippen LogP contribution in [0, 0.1) is 0 Å². The maximum absolute atomic E-state index is 12.2. The molecule has 0 aliphatic carbocycles. The number of sulfone groups is 1. The van der Waals surface area contributed by atoms with Crippen molar-refractivity contribution in [3.05, 3.63) is 30.3 Å². The van der Waals surface area contributed by atoms with E-state index in [9.17, 15) is 8.42 Å². The van der Waals surface area contributed by atoms with E-state index in [1.165, 1.54) is 0 Å². The van der Waals surface area contributed by atoms with Crippen LogP contribution in [0.3, 0.4) is 0 Å². The van der Waals surface area contributed by atoms with Crippen LogP contribution in [0.1, 0.15) is 27.7 Å². The second-order valence-corrected chi connectivity index (χ2v) is 10.2. The number of hydrogen-bond donors (Lipinski definition) is 1. The maximum atomic E-state index is 12.2. The van der Waals surface area contributed by atoms with Gasteiger partial charge in [0, 0.05) is 38.4 Å². The van der Waals surface area contributed by atoms with Gasteiger partial charge in [0.05, 0.1) is 17.0 Å². The highest BCUT2D eigenvalue weighted by Crippen LogP contribution is 2.23. The molecule has 1 aromatic rings. The summed E-state index contributed by atoms with van der Waals surface area (Å²) < 4.78 is 23.7.